The third-order valence-corrected chi connectivity index (χ3v) is 6.11. The Morgan fingerprint density at radius 3 is 2.69 bits per heavy atom. The molecule has 2 aromatic rings. The smallest absolute Gasteiger partial charge is 0.276 e. The van der Waals surface area contributed by atoms with Crippen LogP contribution in [0.3, 0.4) is 0 Å². The van der Waals surface area contributed by atoms with Gasteiger partial charge in [-0.1, -0.05) is 17.7 Å². The summed E-state index contributed by atoms with van der Waals surface area (Å²) in [6.45, 7) is 6.64. The van der Waals surface area contributed by atoms with Crippen molar-refractivity contribution >= 4 is 23.4 Å². The van der Waals surface area contributed by atoms with Gasteiger partial charge in [0.1, 0.15) is 11.2 Å². The molecule has 2 N–H and O–H groups in total. The number of benzene rings is 1. The van der Waals surface area contributed by atoms with Gasteiger partial charge < -0.3 is 24.8 Å². The van der Waals surface area contributed by atoms with Crippen molar-refractivity contribution in [1.82, 2.24) is 19.8 Å². The molecule has 170 valence electrons. The van der Waals surface area contributed by atoms with E-state index in [1.54, 1.807) is 23.5 Å². The van der Waals surface area contributed by atoms with Crippen LogP contribution in [0.1, 0.15) is 51.9 Å². The van der Waals surface area contributed by atoms with Crippen molar-refractivity contribution in [3.8, 4) is 0 Å². The van der Waals surface area contributed by atoms with Crippen LogP contribution in [0.2, 0.25) is 0 Å². The Bertz CT molecular complexity index is 1070. The van der Waals surface area contributed by atoms with E-state index < -0.39 is 11.4 Å². The lowest BCUT2D eigenvalue weighted by Gasteiger charge is -2.44. The van der Waals surface area contributed by atoms with Crippen LogP contribution in [-0.4, -0.2) is 64.0 Å². The van der Waals surface area contributed by atoms with Gasteiger partial charge in [-0.3, -0.25) is 14.4 Å². The van der Waals surface area contributed by atoms with E-state index in [9.17, 15) is 14.4 Å². The zero-order chi connectivity index (χ0) is 23.0. The summed E-state index contributed by atoms with van der Waals surface area (Å²) in [7, 11) is 1.57. The highest BCUT2D eigenvalue weighted by Gasteiger charge is 2.53. The van der Waals surface area contributed by atoms with Crippen LogP contribution >= 0.6 is 0 Å². The molecule has 4 rings (SSSR count). The maximum absolute atomic E-state index is 13.6. The molecule has 9 nitrogen and oxygen atoms in total. The van der Waals surface area contributed by atoms with Crippen molar-refractivity contribution in [3.05, 3.63) is 47.0 Å². The zero-order valence-corrected chi connectivity index (χ0v) is 18.9. The molecule has 1 saturated carbocycles. The van der Waals surface area contributed by atoms with Crippen LogP contribution in [0.5, 0.6) is 0 Å². The Morgan fingerprint density at radius 1 is 1.28 bits per heavy atom. The van der Waals surface area contributed by atoms with Crippen molar-refractivity contribution in [1.29, 1.82) is 0 Å². The summed E-state index contributed by atoms with van der Waals surface area (Å²) >= 11 is 0. The second kappa shape index (κ2) is 8.38. The van der Waals surface area contributed by atoms with Crippen molar-refractivity contribution in [3.63, 3.8) is 0 Å². The average molecular weight is 440 g/mol. The van der Waals surface area contributed by atoms with E-state index >= 15 is 0 Å². The molecular weight excluding hydrogens is 410 g/mol. The molecule has 1 fully saturated rings. The number of hydrogen-bond donors (Lipinski definition) is 2. The molecule has 32 heavy (non-hydrogen) atoms. The number of anilines is 1. The quantitative estimate of drug-likeness (QED) is 0.641. The second-order valence-electron chi connectivity index (χ2n) is 8.77. The fraction of sp³-hybridized carbons (Fsp3) is 0.478. The van der Waals surface area contributed by atoms with Gasteiger partial charge in [0.25, 0.3) is 11.8 Å². The number of amides is 3. The van der Waals surface area contributed by atoms with E-state index in [1.165, 1.54) is 6.33 Å². The second-order valence-corrected chi connectivity index (χ2v) is 8.77. The summed E-state index contributed by atoms with van der Waals surface area (Å²) in [5.74, 6) is -1.02. The van der Waals surface area contributed by atoms with Crippen LogP contribution in [0, 0.1) is 13.8 Å². The first-order chi connectivity index (χ1) is 15.3. The van der Waals surface area contributed by atoms with Crippen molar-refractivity contribution in [2.75, 3.05) is 25.6 Å². The number of carbonyl (C=O) groups excluding carboxylic acids is 3. The lowest BCUT2D eigenvalue weighted by molar-refractivity contribution is -0.133. The highest BCUT2D eigenvalue weighted by molar-refractivity contribution is 6.12. The third-order valence-electron chi connectivity index (χ3n) is 6.11. The van der Waals surface area contributed by atoms with Gasteiger partial charge in [0, 0.05) is 25.4 Å². The minimum Gasteiger partial charge on any atom is -0.383 e. The molecule has 9 heteroatoms. The molecule has 1 atom stereocenters. The van der Waals surface area contributed by atoms with Crippen molar-refractivity contribution in [2.24, 2.45) is 0 Å². The Labute approximate surface area is 187 Å². The highest BCUT2D eigenvalue weighted by atomic mass is 16.5. The maximum Gasteiger partial charge on any atom is 0.276 e. The van der Waals surface area contributed by atoms with Gasteiger partial charge in [-0.15, -0.1) is 0 Å². The van der Waals surface area contributed by atoms with Gasteiger partial charge in [0.05, 0.1) is 19.5 Å². The third kappa shape index (κ3) is 3.88. The molecule has 2 heterocycles. The van der Waals surface area contributed by atoms with Crippen LogP contribution in [-0.2, 0) is 16.1 Å². The van der Waals surface area contributed by atoms with Gasteiger partial charge in [0.15, 0.2) is 5.69 Å². The first-order valence-corrected chi connectivity index (χ1v) is 10.8. The van der Waals surface area contributed by atoms with Crippen LogP contribution in [0.4, 0.5) is 5.69 Å². The minimum atomic E-state index is -1.07. The molecule has 1 aliphatic carbocycles. The highest BCUT2D eigenvalue weighted by Crippen LogP contribution is 2.38. The Morgan fingerprint density at radius 2 is 2.03 bits per heavy atom. The number of aryl methyl sites for hydroxylation is 2. The topological polar surface area (TPSA) is 106 Å². The molecule has 0 bridgehead atoms. The van der Waals surface area contributed by atoms with Gasteiger partial charge in [-0.25, -0.2) is 4.98 Å². The van der Waals surface area contributed by atoms with E-state index in [1.807, 2.05) is 32.0 Å². The predicted molar refractivity (Wildman–Crippen MR) is 119 cm³/mol. The number of aromatic nitrogens is 2. The first kappa shape index (κ1) is 22.0. The number of nitrogens with one attached hydrogen (secondary N) is 2. The largest absolute Gasteiger partial charge is 0.383 e. The number of ether oxygens (including phenoxy) is 1. The summed E-state index contributed by atoms with van der Waals surface area (Å²) in [6.07, 6.45) is 3.14. The summed E-state index contributed by atoms with van der Waals surface area (Å²) in [6, 6.07) is 5.72. The van der Waals surface area contributed by atoms with E-state index in [2.05, 4.69) is 15.6 Å². The maximum atomic E-state index is 13.6. The number of methoxy groups -OCH3 is 1. The standard InChI is InChI=1S/C23H29N5O4/c1-14-5-8-17(15(2)11-14)26-20(29)18-19-21(30)28(16-6-7-16)23(3,12-27(19)13-25-18)22(31)24-9-10-32-4/h5,8,11,13,16H,6-7,9-10,12H2,1-4H3,(H,24,31)(H,26,29)/t23-/m0/s1. The summed E-state index contributed by atoms with van der Waals surface area (Å²) in [5, 5.41) is 5.73. The Hall–Kier alpha value is -3.20. The van der Waals surface area contributed by atoms with Crippen molar-refractivity contribution < 1.29 is 19.1 Å². The molecule has 3 amide bonds. The Kier molecular flexibility index (Phi) is 5.77. The number of carbonyl (C=O) groups is 3. The van der Waals surface area contributed by atoms with E-state index in [0.29, 0.717) is 18.8 Å². The van der Waals surface area contributed by atoms with E-state index in [0.717, 1.165) is 24.0 Å². The lowest BCUT2D eigenvalue weighted by atomic mass is 9.94. The molecule has 1 aromatic carbocycles. The van der Waals surface area contributed by atoms with Crippen LogP contribution in [0.15, 0.2) is 24.5 Å². The number of hydrogen-bond acceptors (Lipinski definition) is 5. The summed E-state index contributed by atoms with van der Waals surface area (Å²) in [5.41, 5.74) is 1.92. The fourth-order valence-electron chi connectivity index (χ4n) is 4.31. The molecule has 2 aliphatic rings. The predicted octanol–water partition coefficient (Wildman–Crippen LogP) is 1.89. The number of rotatable bonds is 7. The molecular formula is C23H29N5O4. The van der Waals surface area contributed by atoms with Gasteiger partial charge in [-0.2, -0.15) is 0 Å². The molecule has 1 aromatic heterocycles. The number of fused-ring (bicyclic) bond motifs is 1. The molecule has 0 saturated heterocycles. The molecule has 0 unspecified atom stereocenters. The van der Waals surface area contributed by atoms with Gasteiger partial charge in [0.2, 0.25) is 5.91 Å². The van der Waals surface area contributed by atoms with E-state index in [-0.39, 0.29) is 35.8 Å². The zero-order valence-electron chi connectivity index (χ0n) is 18.9. The monoisotopic (exact) mass is 439 g/mol. The van der Waals surface area contributed by atoms with E-state index in [4.69, 9.17) is 4.74 Å². The Balaban J connectivity index is 1.63. The number of nitrogens with zero attached hydrogens (tertiary/aromatic N) is 3. The molecule has 0 radical (unpaired) electrons. The minimum absolute atomic E-state index is 0.0143. The van der Waals surface area contributed by atoms with Gasteiger partial charge >= 0.3 is 0 Å². The van der Waals surface area contributed by atoms with Crippen LogP contribution < -0.4 is 10.6 Å². The molecule has 0 spiro atoms. The molecule has 1 aliphatic heterocycles. The summed E-state index contributed by atoms with van der Waals surface area (Å²) < 4.78 is 6.63. The normalized spacial score (nSPS) is 20.1. The van der Waals surface area contributed by atoms with Gasteiger partial charge in [-0.05, 0) is 45.2 Å². The number of imidazole rings is 1. The van der Waals surface area contributed by atoms with Crippen LogP contribution in [0.25, 0.3) is 0 Å². The van der Waals surface area contributed by atoms with Crippen molar-refractivity contribution in [2.45, 2.75) is 51.7 Å². The SMILES string of the molecule is COCCNC(=O)[C@]1(C)Cn2cnc(C(=O)Nc3ccc(C)cc3C)c2C(=O)N1C1CC1. The average Bonchev–Trinajstić information content (AvgIpc) is 3.48. The lowest BCUT2D eigenvalue weighted by Crippen LogP contribution is -2.65. The summed E-state index contributed by atoms with van der Waals surface area (Å²) in [4.78, 5) is 45.6. The first-order valence-electron chi connectivity index (χ1n) is 10.8. The fourth-order valence-corrected chi connectivity index (χ4v) is 4.31.